The van der Waals surface area contributed by atoms with E-state index >= 15 is 0 Å². The van der Waals surface area contributed by atoms with Crippen LogP contribution in [-0.2, 0) is 0 Å². The van der Waals surface area contributed by atoms with Gasteiger partial charge in [0.2, 0.25) is 0 Å². The Hall–Kier alpha value is -3.38. The Morgan fingerprint density at radius 2 is 1.89 bits per heavy atom. The van der Waals surface area contributed by atoms with E-state index in [-0.39, 0.29) is 22.6 Å². The Kier molecular flexibility index (Phi) is 7.94. The van der Waals surface area contributed by atoms with Gasteiger partial charge in [-0.1, -0.05) is 11.6 Å². The van der Waals surface area contributed by atoms with Gasteiger partial charge in [0, 0.05) is 43.7 Å². The summed E-state index contributed by atoms with van der Waals surface area (Å²) in [5, 5.41) is 7.06. The summed E-state index contributed by atoms with van der Waals surface area (Å²) in [6.45, 7) is 1.26. The number of nitrogens with zero attached hydrogens (tertiary/aromatic N) is 3. The van der Waals surface area contributed by atoms with Gasteiger partial charge < -0.3 is 25.0 Å². The first kappa shape index (κ1) is 25.7. The fourth-order valence-electron chi connectivity index (χ4n) is 3.62. The first-order valence-electron chi connectivity index (χ1n) is 10.8. The van der Waals surface area contributed by atoms with Gasteiger partial charge in [-0.15, -0.1) is 13.2 Å². The number of halogens is 5. The predicted molar refractivity (Wildman–Crippen MR) is 131 cm³/mol. The molecule has 0 saturated carbocycles. The Labute approximate surface area is 214 Å². The minimum atomic E-state index is -5.04. The second-order valence-electron chi connectivity index (χ2n) is 7.79. The number of ether oxygens (including phenoxy) is 2. The average Bonchev–Trinajstić information content (AvgIpc) is 2.83. The zero-order valence-corrected chi connectivity index (χ0v) is 20.1. The normalized spacial score (nSPS) is 14.3. The van der Waals surface area contributed by atoms with Crippen molar-refractivity contribution in [2.45, 2.75) is 25.2 Å². The summed E-state index contributed by atoms with van der Waals surface area (Å²) in [6.07, 6.45) is 1.30. The van der Waals surface area contributed by atoms with Crippen LogP contribution >= 0.6 is 23.8 Å². The van der Waals surface area contributed by atoms with Gasteiger partial charge >= 0.3 is 6.36 Å². The SMILES string of the molecule is Fc1ccc(Oc2ccnc(N3CCC(NC(=S)Nc4cccnc4)CC3)c2Cl)cc1OC(F)(F)F. The first-order chi connectivity index (χ1) is 17.2. The van der Waals surface area contributed by atoms with Crippen LogP contribution in [-0.4, -0.2) is 40.6 Å². The molecule has 1 saturated heterocycles. The highest BCUT2D eigenvalue weighted by molar-refractivity contribution is 7.80. The first-order valence-corrected chi connectivity index (χ1v) is 11.6. The highest BCUT2D eigenvalue weighted by Crippen LogP contribution is 2.38. The molecule has 0 aliphatic carbocycles. The molecule has 1 aromatic carbocycles. The highest BCUT2D eigenvalue weighted by atomic mass is 35.5. The average molecular weight is 542 g/mol. The number of alkyl halides is 3. The number of hydrogen-bond acceptors (Lipinski definition) is 6. The lowest BCUT2D eigenvalue weighted by Gasteiger charge is -2.34. The van der Waals surface area contributed by atoms with Crippen LogP contribution in [0.3, 0.4) is 0 Å². The van der Waals surface area contributed by atoms with Crippen LogP contribution in [0.4, 0.5) is 29.1 Å². The van der Waals surface area contributed by atoms with Crippen LogP contribution in [0.5, 0.6) is 17.2 Å². The van der Waals surface area contributed by atoms with E-state index in [2.05, 4.69) is 25.3 Å². The largest absolute Gasteiger partial charge is 0.573 e. The minimum absolute atomic E-state index is 0.0766. The molecule has 7 nitrogen and oxygen atoms in total. The lowest BCUT2D eigenvalue weighted by atomic mass is 10.1. The highest BCUT2D eigenvalue weighted by Gasteiger charge is 2.32. The lowest BCUT2D eigenvalue weighted by Crippen LogP contribution is -2.46. The number of anilines is 2. The van der Waals surface area contributed by atoms with E-state index in [0.717, 1.165) is 30.7 Å². The smallest absolute Gasteiger partial charge is 0.455 e. The molecule has 2 aromatic heterocycles. The summed E-state index contributed by atoms with van der Waals surface area (Å²) in [4.78, 5) is 10.4. The minimum Gasteiger partial charge on any atom is -0.455 e. The molecule has 13 heteroatoms. The summed E-state index contributed by atoms with van der Waals surface area (Å²) >= 11 is 11.9. The molecule has 1 aliphatic heterocycles. The zero-order chi connectivity index (χ0) is 25.7. The van der Waals surface area contributed by atoms with E-state index in [1.807, 2.05) is 17.0 Å². The zero-order valence-electron chi connectivity index (χ0n) is 18.6. The lowest BCUT2D eigenvalue weighted by molar-refractivity contribution is -0.275. The Morgan fingerprint density at radius 3 is 2.58 bits per heavy atom. The van der Waals surface area contributed by atoms with Crippen molar-refractivity contribution in [1.82, 2.24) is 15.3 Å². The van der Waals surface area contributed by atoms with Crippen LogP contribution in [0.15, 0.2) is 55.0 Å². The summed E-state index contributed by atoms with van der Waals surface area (Å²) in [6, 6.07) is 8.08. The molecule has 0 unspecified atom stereocenters. The van der Waals surface area contributed by atoms with Gasteiger partial charge in [0.15, 0.2) is 28.2 Å². The molecule has 4 rings (SSSR count). The predicted octanol–water partition coefficient (Wildman–Crippen LogP) is 5.92. The van der Waals surface area contributed by atoms with Crippen molar-refractivity contribution >= 4 is 40.4 Å². The van der Waals surface area contributed by atoms with Crippen LogP contribution in [0.25, 0.3) is 0 Å². The molecule has 1 fully saturated rings. The second-order valence-corrected chi connectivity index (χ2v) is 8.58. The third kappa shape index (κ3) is 6.85. The molecule has 36 heavy (non-hydrogen) atoms. The van der Waals surface area contributed by atoms with Crippen molar-refractivity contribution in [2.75, 3.05) is 23.3 Å². The number of thiocarbonyl (C=S) groups is 1. The molecule has 3 heterocycles. The van der Waals surface area contributed by atoms with Gasteiger partial charge in [-0.25, -0.2) is 9.37 Å². The maximum Gasteiger partial charge on any atom is 0.573 e. The van der Waals surface area contributed by atoms with Gasteiger partial charge in [0.05, 0.1) is 11.9 Å². The second kappa shape index (κ2) is 11.1. The molecular weight excluding hydrogens is 522 g/mol. The Balaban J connectivity index is 1.37. The van der Waals surface area contributed by atoms with Crippen molar-refractivity contribution in [3.63, 3.8) is 0 Å². The number of rotatable bonds is 6. The molecule has 0 amide bonds. The van der Waals surface area contributed by atoms with E-state index in [4.69, 9.17) is 28.6 Å². The number of nitrogens with one attached hydrogen (secondary N) is 2. The molecule has 0 bridgehead atoms. The fraction of sp³-hybridized carbons (Fsp3) is 0.261. The van der Waals surface area contributed by atoms with E-state index in [1.165, 1.54) is 18.3 Å². The van der Waals surface area contributed by atoms with Crippen LogP contribution < -0.4 is 25.0 Å². The molecular formula is C23H20ClF4N5O2S. The van der Waals surface area contributed by atoms with Crippen molar-refractivity contribution in [1.29, 1.82) is 0 Å². The quantitative estimate of drug-likeness (QED) is 0.294. The van der Waals surface area contributed by atoms with Gasteiger partial charge in [-0.2, -0.15) is 0 Å². The molecule has 0 atom stereocenters. The van der Waals surface area contributed by atoms with E-state index in [1.54, 1.807) is 12.4 Å². The maximum atomic E-state index is 13.7. The summed E-state index contributed by atoms with van der Waals surface area (Å²) < 4.78 is 60.6. The van der Waals surface area contributed by atoms with Gasteiger partial charge in [0.1, 0.15) is 10.8 Å². The summed E-state index contributed by atoms with van der Waals surface area (Å²) in [7, 11) is 0. The molecule has 3 aromatic rings. The number of benzene rings is 1. The number of pyridine rings is 2. The van der Waals surface area contributed by atoms with Gasteiger partial charge in [-0.05, 0) is 49.3 Å². The standard InChI is InChI=1S/C23H20ClF4N5O2S/c24-20-18(34-16-3-4-17(25)19(12-16)35-23(26,27)28)5-9-30-21(20)33-10-6-14(7-11-33)31-22(36)32-15-2-1-8-29-13-15/h1-5,8-9,12-14H,6-7,10-11H2,(H2,31,32,36). The van der Waals surface area contributed by atoms with Crippen LogP contribution in [0.1, 0.15) is 12.8 Å². The van der Waals surface area contributed by atoms with E-state index in [9.17, 15) is 17.6 Å². The van der Waals surface area contributed by atoms with Gasteiger partial charge in [0.25, 0.3) is 0 Å². The van der Waals surface area contributed by atoms with Crippen molar-refractivity contribution in [3.8, 4) is 17.2 Å². The van der Waals surface area contributed by atoms with E-state index < -0.39 is 17.9 Å². The van der Waals surface area contributed by atoms with Crippen molar-refractivity contribution in [2.24, 2.45) is 0 Å². The summed E-state index contributed by atoms with van der Waals surface area (Å²) in [5.74, 6) is -1.62. The fourth-order valence-corrected chi connectivity index (χ4v) is 4.17. The van der Waals surface area contributed by atoms with Crippen LogP contribution in [0.2, 0.25) is 5.02 Å². The third-order valence-corrected chi connectivity index (χ3v) is 5.82. The van der Waals surface area contributed by atoms with Gasteiger partial charge in [-0.3, -0.25) is 4.98 Å². The molecule has 0 spiro atoms. The number of aromatic nitrogens is 2. The summed E-state index contributed by atoms with van der Waals surface area (Å²) in [5.41, 5.74) is 0.790. The van der Waals surface area contributed by atoms with Crippen molar-refractivity contribution in [3.05, 3.63) is 65.8 Å². The maximum absolute atomic E-state index is 13.7. The molecule has 2 N–H and O–H groups in total. The van der Waals surface area contributed by atoms with Crippen LogP contribution in [0, 0.1) is 5.82 Å². The molecule has 190 valence electrons. The monoisotopic (exact) mass is 541 g/mol. The van der Waals surface area contributed by atoms with Crippen molar-refractivity contribution < 1.29 is 27.0 Å². The molecule has 0 radical (unpaired) electrons. The molecule has 1 aliphatic rings. The number of hydrogen-bond donors (Lipinski definition) is 2. The Bertz CT molecular complexity index is 1210. The van der Waals surface area contributed by atoms with E-state index in [0.29, 0.717) is 24.0 Å². The number of piperidine rings is 1. The topological polar surface area (TPSA) is 71.5 Å². The Morgan fingerprint density at radius 1 is 1.11 bits per heavy atom. The third-order valence-electron chi connectivity index (χ3n) is 5.24.